The number of hydrogen-bond acceptors (Lipinski definition) is 4. The van der Waals surface area contributed by atoms with Gasteiger partial charge in [0.05, 0.1) is 0 Å². The van der Waals surface area contributed by atoms with E-state index in [1.54, 1.807) is 6.92 Å². The first kappa shape index (κ1) is 18.0. The van der Waals surface area contributed by atoms with Crippen molar-refractivity contribution in [3.8, 4) is 0 Å². The van der Waals surface area contributed by atoms with Gasteiger partial charge in [0, 0.05) is 6.42 Å². The third-order valence-corrected chi connectivity index (χ3v) is 4.74. The van der Waals surface area contributed by atoms with Gasteiger partial charge in [0.1, 0.15) is 6.04 Å². The van der Waals surface area contributed by atoms with Crippen molar-refractivity contribution in [1.29, 1.82) is 0 Å². The lowest BCUT2D eigenvalue weighted by atomic mass is 9.67. The van der Waals surface area contributed by atoms with Crippen molar-refractivity contribution in [1.82, 2.24) is 15.5 Å². The minimum Gasteiger partial charge on any atom is -0.344 e. The molecule has 1 aromatic heterocycles. The normalized spacial score (nSPS) is 25.3. The second-order valence-electron chi connectivity index (χ2n) is 8.45. The third kappa shape index (κ3) is 5.05. The average Bonchev–Trinajstić information content (AvgIpc) is 2.79. The Bertz CT molecular complexity index is 536. The average molecular weight is 321 g/mol. The number of nitrogens with one attached hydrogen (secondary N) is 1. The summed E-state index contributed by atoms with van der Waals surface area (Å²) < 4.78 is 5.25. The number of carbonyl (C=O) groups is 1. The molecule has 1 heterocycles. The highest BCUT2D eigenvalue weighted by Crippen LogP contribution is 2.42. The largest absolute Gasteiger partial charge is 0.344 e. The van der Waals surface area contributed by atoms with Crippen molar-refractivity contribution < 1.29 is 9.32 Å². The maximum atomic E-state index is 12.5. The highest BCUT2D eigenvalue weighted by atomic mass is 16.5. The molecule has 130 valence electrons. The molecule has 1 aliphatic rings. The van der Waals surface area contributed by atoms with E-state index < -0.39 is 0 Å². The number of aromatic nitrogens is 2. The van der Waals surface area contributed by atoms with Crippen LogP contribution >= 0.6 is 0 Å². The molecule has 0 aromatic carbocycles. The maximum absolute atomic E-state index is 12.5. The van der Waals surface area contributed by atoms with Gasteiger partial charge in [-0.1, -0.05) is 39.8 Å². The molecule has 5 nitrogen and oxygen atoms in total. The molecule has 0 bridgehead atoms. The first-order valence-electron chi connectivity index (χ1n) is 8.76. The molecule has 5 heteroatoms. The zero-order valence-corrected chi connectivity index (χ0v) is 15.3. The molecular formula is C18H31N3O2. The predicted octanol–water partition coefficient (Wildman–Crippen LogP) is 4.04. The predicted molar refractivity (Wildman–Crippen MR) is 89.7 cm³/mol. The van der Waals surface area contributed by atoms with Crippen LogP contribution in [-0.2, 0) is 4.79 Å². The van der Waals surface area contributed by atoms with Gasteiger partial charge in [-0.05, 0) is 49.4 Å². The first-order valence-corrected chi connectivity index (χ1v) is 8.76. The van der Waals surface area contributed by atoms with E-state index in [9.17, 15) is 4.79 Å². The summed E-state index contributed by atoms with van der Waals surface area (Å²) in [6, 6.07) is -0.210. The molecule has 0 aliphatic heterocycles. The first-order chi connectivity index (χ1) is 10.7. The van der Waals surface area contributed by atoms with Crippen LogP contribution in [0, 0.1) is 30.1 Å². The van der Waals surface area contributed by atoms with Gasteiger partial charge in [0.15, 0.2) is 5.82 Å². The number of carbonyl (C=O) groups excluding carboxylic acids is 1. The van der Waals surface area contributed by atoms with Gasteiger partial charge in [-0.2, -0.15) is 4.98 Å². The molecule has 0 radical (unpaired) electrons. The summed E-state index contributed by atoms with van der Waals surface area (Å²) in [5.74, 6) is 2.56. The van der Waals surface area contributed by atoms with Crippen LogP contribution in [0.1, 0.15) is 78.1 Å². The topological polar surface area (TPSA) is 68.0 Å². The summed E-state index contributed by atoms with van der Waals surface area (Å²) in [6.07, 6.45) is 4.10. The molecule has 3 atom stereocenters. The fourth-order valence-electron chi connectivity index (χ4n) is 4.15. The van der Waals surface area contributed by atoms with Gasteiger partial charge in [-0.3, -0.25) is 4.79 Å². The fourth-order valence-corrected chi connectivity index (χ4v) is 4.15. The van der Waals surface area contributed by atoms with Gasteiger partial charge >= 0.3 is 0 Å². The number of rotatable bonds is 5. The second kappa shape index (κ2) is 7.02. The lowest BCUT2D eigenvalue weighted by Crippen LogP contribution is -2.35. The van der Waals surface area contributed by atoms with Gasteiger partial charge in [0.25, 0.3) is 0 Å². The molecule has 2 rings (SSSR count). The summed E-state index contributed by atoms with van der Waals surface area (Å²) in [5.41, 5.74) is 0.337. The Morgan fingerprint density at radius 2 is 2.09 bits per heavy atom. The molecule has 1 saturated carbocycles. The monoisotopic (exact) mass is 321 g/mol. The molecule has 0 spiro atoms. The van der Waals surface area contributed by atoms with Crippen molar-refractivity contribution in [2.24, 2.45) is 23.2 Å². The Hall–Kier alpha value is -1.39. The van der Waals surface area contributed by atoms with Gasteiger partial charge in [-0.25, -0.2) is 0 Å². The standard InChI is InChI=1S/C18H31N3O2/c1-11(2)16(17-19-13(4)21-23-17)20-15(22)8-14-7-12(3)9-18(5,6)10-14/h11-12,14,16H,7-10H2,1-6H3,(H,20,22)/t12-,14+,16-/m1/s1. The Morgan fingerprint density at radius 1 is 1.39 bits per heavy atom. The SMILES string of the molecule is Cc1noc([C@H](NC(=O)C[C@@H]2C[C@@H](C)CC(C)(C)C2)C(C)C)n1. The Morgan fingerprint density at radius 3 is 2.61 bits per heavy atom. The lowest BCUT2D eigenvalue weighted by Gasteiger charge is -2.39. The smallest absolute Gasteiger partial charge is 0.249 e. The minimum absolute atomic E-state index is 0.0921. The Kier molecular flexibility index (Phi) is 5.48. The van der Waals surface area contributed by atoms with E-state index in [0.29, 0.717) is 35.4 Å². The molecule has 0 saturated heterocycles. The van der Waals surface area contributed by atoms with Crippen LogP contribution in [0.5, 0.6) is 0 Å². The minimum atomic E-state index is -0.210. The third-order valence-electron chi connectivity index (χ3n) is 4.74. The van der Waals surface area contributed by atoms with Crippen molar-refractivity contribution in [2.75, 3.05) is 0 Å². The van der Waals surface area contributed by atoms with Crippen LogP contribution in [0.25, 0.3) is 0 Å². The maximum Gasteiger partial charge on any atom is 0.249 e. The molecular weight excluding hydrogens is 290 g/mol. The van der Waals surface area contributed by atoms with E-state index in [4.69, 9.17) is 4.52 Å². The molecule has 0 unspecified atom stereocenters. The zero-order chi connectivity index (χ0) is 17.2. The molecule has 1 aromatic rings. The van der Waals surface area contributed by atoms with E-state index in [-0.39, 0.29) is 17.9 Å². The summed E-state index contributed by atoms with van der Waals surface area (Å²) in [5, 5.41) is 6.93. The van der Waals surface area contributed by atoms with Crippen LogP contribution < -0.4 is 5.32 Å². The molecule has 23 heavy (non-hydrogen) atoms. The van der Waals surface area contributed by atoms with E-state index >= 15 is 0 Å². The molecule has 1 fully saturated rings. The summed E-state index contributed by atoms with van der Waals surface area (Å²) in [7, 11) is 0. The van der Waals surface area contributed by atoms with E-state index in [2.05, 4.69) is 50.1 Å². The Balaban J connectivity index is 1.97. The van der Waals surface area contributed by atoms with E-state index in [1.807, 2.05) is 0 Å². The van der Waals surface area contributed by atoms with Gasteiger partial charge < -0.3 is 9.84 Å². The van der Waals surface area contributed by atoms with Crippen molar-refractivity contribution in [3.63, 3.8) is 0 Å². The van der Waals surface area contributed by atoms with Crippen molar-refractivity contribution in [3.05, 3.63) is 11.7 Å². The number of nitrogens with zero attached hydrogens (tertiary/aromatic N) is 2. The van der Waals surface area contributed by atoms with Crippen LogP contribution in [0.3, 0.4) is 0 Å². The van der Waals surface area contributed by atoms with Crippen LogP contribution in [0.15, 0.2) is 4.52 Å². The molecule has 1 N–H and O–H groups in total. The highest BCUT2D eigenvalue weighted by Gasteiger charge is 2.33. The van der Waals surface area contributed by atoms with Gasteiger partial charge in [-0.15, -0.1) is 0 Å². The quantitative estimate of drug-likeness (QED) is 0.888. The zero-order valence-electron chi connectivity index (χ0n) is 15.3. The van der Waals surface area contributed by atoms with E-state index in [0.717, 1.165) is 12.8 Å². The summed E-state index contributed by atoms with van der Waals surface area (Å²) in [6.45, 7) is 12.8. The lowest BCUT2D eigenvalue weighted by molar-refractivity contribution is -0.124. The number of aryl methyl sites for hydroxylation is 1. The summed E-state index contributed by atoms with van der Waals surface area (Å²) >= 11 is 0. The van der Waals surface area contributed by atoms with Crippen molar-refractivity contribution in [2.45, 2.75) is 73.3 Å². The second-order valence-corrected chi connectivity index (χ2v) is 8.45. The highest BCUT2D eigenvalue weighted by molar-refractivity contribution is 5.76. The van der Waals surface area contributed by atoms with Crippen LogP contribution in [0.2, 0.25) is 0 Å². The van der Waals surface area contributed by atoms with E-state index in [1.165, 1.54) is 6.42 Å². The molecule has 1 aliphatic carbocycles. The number of amides is 1. The fraction of sp³-hybridized carbons (Fsp3) is 0.833. The van der Waals surface area contributed by atoms with Crippen LogP contribution in [-0.4, -0.2) is 16.0 Å². The summed E-state index contributed by atoms with van der Waals surface area (Å²) in [4.78, 5) is 16.8. The number of hydrogen-bond donors (Lipinski definition) is 1. The molecule has 1 amide bonds. The Labute approximate surface area is 139 Å². The van der Waals surface area contributed by atoms with Gasteiger partial charge in [0.2, 0.25) is 11.8 Å². The van der Waals surface area contributed by atoms with Crippen molar-refractivity contribution >= 4 is 5.91 Å². The van der Waals surface area contributed by atoms with Crippen LogP contribution in [0.4, 0.5) is 0 Å².